The quantitative estimate of drug-likeness (QED) is 0.213. The molecule has 0 aromatic heterocycles. The summed E-state index contributed by atoms with van der Waals surface area (Å²) in [6, 6.07) is 48.7. The predicted molar refractivity (Wildman–Crippen MR) is 175 cm³/mol. The topological polar surface area (TPSA) is 9.23 Å². The molecule has 7 aromatic carbocycles. The Kier molecular flexibility index (Phi) is 4.73. The van der Waals surface area contributed by atoms with Gasteiger partial charge in [-0.1, -0.05) is 111 Å². The van der Waals surface area contributed by atoms with Crippen LogP contribution in [0.4, 0.5) is 0 Å². The van der Waals surface area contributed by atoms with Crippen LogP contribution in [0.15, 0.2) is 133 Å². The summed E-state index contributed by atoms with van der Waals surface area (Å²) in [5.41, 5.74) is 12.7. The first kappa shape index (κ1) is 23.6. The first-order chi connectivity index (χ1) is 20.6. The van der Waals surface area contributed by atoms with Gasteiger partial charge in [0.1, 0.15) is 11.5 Å². The number of hydrogen-bond donors (Lipinski definition) is 0. The van der Waals surface area contributed by atoms with Gasteiger partial charge in [0.25, 0.3) is 0 Å². The summed E-state index contributed by atoms with van der Waals surface area (Å²) >= 11 is 0. The average molecular weight is 537 g/mol. The van der Waals surface area contributed by atoms with Gasteiger partial charge in [-0.05, 0) is 103 Å². The van der Waals surface area contributed by atoms with E-state index in [9.17, 15) is 0 Å². The average Bonchev–Trinajstić information content (AvgIpc) is 3.25. The molecule has 2 aliphatic rings. The highest BCUT2D eigenvalue weighted by atomic mass is 16.5. The molecule has 1 nitrogen and oxygen atoms in total. The van der Waals surface area contributed by atoms with E-state index >= 15 is 0 Å². The number of rotatable bonds is 2. The van der Waals surface area contributed by atoms with Crippen LogP contribution in [0.1, 0.15) is 25.0 Å². The molecule has 0 bridgehead atoms. The molecule has 1 heteroatoms. The maximum Gasteiger partial charge on any atom is 0.135 e. The summed E-state index contributed by atoms with van der Waals surface area (Å²) in [7, 11) is 0. The van der Waals surface area contributed by atoms with Crippen molar-refractivity contribution in [2.45, 2.75) is 19.3 Å². The predicted octanol–water partition coefficient (Wildman–Crippen LogP) is 11.4. The van der Waals surface area contributed by atoms with Gasteiger partial charge < -0.3 is 4.74 Å². The van der Waals surface area contributed by atoms with Gasteiger partial charge in [-0.15, -0.1) is 0 Å². The molecular weight excluding hydrogens is 508 g/mol. The molecule has 1 aliphatic heterocycles. The molecule has 42 heavy (non-hydrogen) atoms. The minimum atomic E-state index is -0.0977. The molecule has 0 N–H and O–H groups in total. The fraction of sp³-hybridized carbons (Fsp3) is 0.0732. The second-order valence-electron chi connectivity index (χ2n) is 12.1. The van der Waals surface area contributed by atoms with E-state index in [2.05, 4.69) is 147 Å². The zero-order valence-corrected chi connectivity index (χ0v) is 23.6. The molecule has 7 aromatic rings. The van der Waals surface area contributed by atoms with Gasteiger partial charge in [0, 0.05) is 16.4 Å². The van der Waals surface area contributed by atoms with Crippen LogP contribution in [0.3, 0.4) is 0 Å². The molecule has 0 amide bonds. The van der Waals surface area contributed by atoms with Crippen molar-refractivity contribution < 1.29 is 4.74 Å². The van der Waals surface area contributed by atoms with E-state index in [4.69, 9.17) is 4.74 Å². The first-order valence-corrected chi connectivity index (χ1v) is 14.7. The Morgan fingerprint density at radius 2 is 1.14 bits per heavy atom. The molecule has 0 atom stereocenters. The minimum Gasteiger partial charge on any atom is -0.456 e. The Morgan fingerprint density at radius 3 is 2.00 bits per heavy atom. The van der Waals surface area contributed by atoms with Gasteiger partial charge in [0.05, 0.1) is 0 Å². The zero-order chi connectivity index (χ0) is 28.0. The third kappa shape index (κ3) is 3.25. The fourth-order valence-corrected chi connectivity index (χ4v) is 7.30. The van der Waals surface area contributed by atoms with Gasteiger partial charge in [0.15, 0.2) is 0 Å². The second kappa shape index (κ2) is 8.44. The SMILES string of the molecule is CC1(C)c2cc(-c3ccc4c(c3)-c3cccc5cccc(c35)O4)ccc2-c2cc3c(-c4ccccc4)cccc3cc21. The van der Waals surface area contributed by atoms with E-state index in [0.29, 0.717) is 0 Å². The first-order valence-electron chi connectivity index (χ1n) is 14.7. The molecule has 0 fully saturated rings. The third-order valence-electron chi connectivity index (χ3n) is 9.45. The van der Waals surface area contributed by atoms with Crippen LogP contribution in [-0.2, 0) is 5.41 Å². The monoisotopic (exact) mass is 536 g/mol. The minimum absolute atomic E-state index is 0.0977. The van der Waals surface area contributed by atoms with Crippen LogP contribution in [0, 0.1) is 0 Å². The smallest absolute Gasteiger partial charge is 0.135 e. The van der Waals surface area contributed by atoms with Crippen LogP contribution in [0.2, 0.25) is 0 Å². The van der Waals surface area contributed by atoms with E-state index < -0.39 is 0 Å². The maximum absolute atomic E-state index is 6.37. The highest BCUT2D eigenvalue weighted by molar-refractivity contribution is 6.05. The lowest BCUT2D eigenvalue weighted by Crippen LogP contribution is -2.15. The standard InChI is InChI=1S/C41H28O/c1-41(2)36-22-28(27-18-20-38-35(21-27)32-15-6-11-26-12-8-16-39(42-38)40(26)32)17-19-31(36)34-24-33-29(23-37(34)41)13-7-14-30(33)25-9-4-3-5-10-25/h3-24H,1-2H3. The van der Waals surface area contributed by atoms with Crippen molar-refractivity contribution in [3.05, 3.63) is 145 Å². The number of fused-ring (bicyclic) bond motifs is 6. The van der Waals surface area contributed by atoms with Crippen molar-refractivity contribution in [1.82, 2.24) is 0 Å². The van der Waals surface area contributed by atoms with E-state index in [-0.39, 0.29) is 5.41 Å². The number of benzene rings is 7. The largest absolute Gasteiger partial charge is 0.456 e. The second-order valence-corrected chi connectivity index (χ2v) is 12.1. The summed E-state index contributed by atoms with van der Waals surface area (Å²) in [6.45, 7) is 4.74. The molecular formula is C41H28O. The van der Waals surface area contributed by atoms with Crippen LogP contribution in [0.5, 0.6) is 11.5 Å². The molecule has 0 saturated carbocycles. The molecule has 0 saturated heterocycles. The lowest BCUT2D eigenvalue weighted by molar-refractivity contribution is 0.487. The number of ether oxygens (including phenoxy) is 1. The molecule has 9 rings (SSSR count). The molecule has 1 heterocycles. The van der Waals surface area contributed by atoms with Gasteiger partial charge in [-0.2, -0.15) is 0 Å². The lowest BCUT2D eigenvalue weighted by atomic mass is 9.80. The fourth-order valence-electron chi connectivity index (χ4n) is 7.30. The Balaban J connectivity index is 1.19. The molecule has 198 valence electrons. The van der Waals surface area contributed by atoms with E-state index in [1.807, 2.05) is 0 Å². The highest BCUT2D eigenvalue weighted by Gasteiger charge is 2.36. The van der Waals surface area contributed by atoms with E-state index in [0.717, 1.165) is 17.1 Å². The van der Waals surface area contributed by atoms with Gasteiger partial charge >= 0.3 is 0 Å². The molecule has 0 unspecified atom stereocenters. The van der Waals surface area contributed by atoms with Gasteiger partial charge in [-0.3, -0.25) is 0 Å². The molecule has 1 aliphatic carbocycles. The Bertz CT molecular complexity index is 2230. The summed E-state index contributed by atoms with van der Waals surface area (Å²) in [5, 5.41) is 5.00. The normalized spacial score (nSPS) is 13.9. The molecule has 0 radical (unpaired) electrons. The van der Waals surface area contributed by atoms with E-state index in [1.54, 1.807) is 0 Å². The Labute approximate surface area is 245 Å². The van der Waals surface area contributed by atoms with Crippen LogP contribution >= 0.6 is 0 Å². The third-order valence-corrected chi connectivity index (χ3v) is 9.45. The summed E-state index contributed by atoms with van der Waals surface area (Å²) in [6.07, 6.45) is 0. The van der Waals surface area contributed by atoms with Crippen molar-refractivity contribution in [2.75, 3.05) is 0 Å². The van der Waals surface area contributed by atoms with Crippen molar-refractivity contribution in [3.63, 3.8) is 0 Å². The van der Waals surface area contributed by atoms with Crippen molar-refractivity contribution in [2.24, 2.45) is 0 Å². The lowest BCUT2D eigenvalue weighted by Gasteiger charge is -2.23. The van der Waals surface area contributed by atoms with Gasteiger partial charge in [-0.25, -0.2) is 0 Å². The number of hydrogen-bond acceptors (Lipinski definition) is 1. The maximum atomic E-state index is 6.37. The highest BCUT2D eigenvalue weighted by Crippen LogP contribution is 2.52. The summed E-state index contributed by atoms with van der Waals surface area (Å²) < 4.78 is 6.37. The zero-order valence-electron chi connectivity index (χ0n) is 23.6. The van der Waals surface area contributed by atoms with Crippen molar-refractivity contribution >= 4 is 21.5 Å². The Morgan fingerprint density at radius 1 is 0.429 bits per heavy atom. The molecule has 0 spiro atoms. The van der Waals surface area contributed by atoms with E-state index in [1.165, 1.54) is 71.6 Å². The van der Waals surface area contributed by atoms with Crippen LogP contribution in [0.25, 0.3) is 66.1 Å². The summed E-state index contributed by atoms with van der Waals surface area (Å²) in [4.78, 5) is 0. The van der Waals surface area contributed by atoms with Crippen molar-refractivity contribution in [3.8, 4) is 56.0 Å². The Hall–Kier alpha value is -5.14. The van der Waals surface area contributed by atoms with Crippen LogP contribution < -0.4 is 4.74 Å². The van der Waals surface area contributed by atoms with Crippen LogP contribution in [-0.4, -0.2) is 0 Å². The summed E-state index contributed by atoms with van der Waals surface area (Å²) in [5.74, 6) is 1.85. The van der Waals surface area contributed by atoms with Crippen molar-refractivity contribution in [1.29, 1.82) is 0 Å². The van der Waals surface area contributed by atoms with Gasteiger partial charge in [0.2, 0.25) is 0 Å².